The minimum absolute atomic E-state index is 0.218. The molecular formula is C15H13ClF3N7OS. The molecule has 0 spiro atoms. The molecular weight excluding hydrogens is 419 g/mol. The zero-order chi connectivity index (χ0) is 20.3. The Morgan fingerprint density at radius 2 is 2.00 bits per heavy atom. The van der Waals surface area contributed by atoms with Gasteiger partial charge >= 0.3 is 6.18 Å². The highest BCUT2D eigenvalue weighted by Crippen LogP contribution is 2.28. The Morgan fingerprint density at radius 1 is 1.25 bits per heavy atom. The van der Waals surface area contributed by atoms with Crippen LogP contribution in [0.4, 0.5) is 19.0 Å². The van der Waals surface area contributed by atoms with Crippen molar-refractivity contribution in [3.8, 4) is 0 Å². The van der Waals surface area contributed by atoms with Gasteiger partial charge in [-0.1, -0.05) is 41.6 Å². The lowest BCUT2D eigenvalue weighted by Gasteiger charge is -2.10. The molecule has 1 amide bonds. The van der Waals surface area contributed by atoms with Gasteiger partial charge in [0.15, 0.2) is 0 Å². The molecule has 0 bridgehead atoms. The van der Waals surface area contributed by atoms with Crippen LogP contribution in [0.2, 0.25) is 5.02 Å². The third kappa shape index (κ3) is 4.57. The van der Waals surface area contributed by atoms with Gasteiger partial charge in [-0.2, -0.15) is 18.3 Å². The van der Waals surface area contributed by atoms with Gasteiger partial charge in [0.1, 0.15) is 5.82 Å². The quantitative estimate of drug-likeness (QED) is 0.459. The number of hydrogen-bond donors (Lipinski definition) is 2. The van der Waals surface area contributed by atoms with Crippen molar-refractivity contribution in [3.63, 3.8) is 0 Å². The Bertz CT molecular complexity index is 988. The molecule has 0 aliphatic rings. The fourth-order valence-electron chi connectivity index (χ4n) is 2.23. The van der Waals surface area contributed by atoms with Crippen LogP contribution in [-0.2, 0) is 17.5 Å². The molecule has 3 rings (SSSR count). The molecule has 0 radical (unpaired) electrons. The maximum absolute atomic E-state index is 12.7. The first kappa shape index (κ1) is 20.0. The third-order valence-electron chi connectivity index (χ3n) is 3.51. The van der Waals surface area contributed by atoms with E-state index in [1.54, 1.807) is 18.2 Å². The monoisotopic (exact) mass is 431 g/mol. The van der Waals surface area contributed by atoms with E-state index >= 15 is 0 Å². The van der Waals surface area contributed by atoms with E-state index in [2.05, 4.69) is 20.6 Å². The van der Waals surface area contributed by atoms with E-state index in [-0.39, 0.29) is 10.9 Å². The van der Waals surface area contributed by atoms with Crippen molar-refractivity contribution in [2.75, 3.05) is 16.9 Å². The van der Waals surface area contributed by atoms with Gasteiger partial charge in [0.2, 0.25) is 11.1 Å². The number of carbonyl (C=O) groups excluding carboxylic acids is 1. The van der Waals surface area contributed by atoms with E-state index in [1.165, 1.54) is 10.9 Å². The second kappa shape index (κ2) is 8.10. The second-order valence-electron chi connectivity index (χ2n) is 5.48. The number of halogens is 4. The summed E-state index contributed by atoms with van der Waals surface area (Å²) in [7, 11) is 0. The summed E-state index contributed by atoms with van der Waals surface area (Å²) in [4.78, 5) is 12.2. The first-order valence-electron chi connectivity index (χ1n) is 7.71. The molecule has 13 heteroatoms. The summed E-state index contributed by atoms with van der Waals surface area (Å²) in [5, 5.41) is 13.4. The molecule has 0 saturated heterocycles. The number of amides is 1. The number of anilines is 1. The molecule has 28 heavy (non-hydrogen) atoms. The van der Waals surface area contributed by atoms with E-state index in [4.69, 9.17) is 17.4 Å². The van der Waals surface area contributed by atoms with Crippen molar-refractivity contribution >= 4 is 35.1 Å². The van der Waals surface area contributed by atoms with E-state index < -0.39 is 17.9 Å². The topological polar surface area (TPSA) is 104 Å². The normalized spacial score (nSPS) is 11.6. The number of thioether (sulfide) groups is 1. The fourth-order valence-corrected chi connectivity index (χ4v) is 3.08. The zero-order valence-electron chi connectivity index (χ0n) is 14.0. The van der Waals surface area contributed by atoms with Gasteiger partial charge in [0, 0.05) is 11.1 Å². The number of nitrogens with two attached hydrogens (primary N) is 1. The van der Waals surface area contributed by atoms with Gasteiger partial charge in [-0.15, -0.1) is 10.2 Å². The van der Waals surface area contributed by atoms with Crippen molar-refractivity contribution < 1.29 is 18.0 Å². The molecule has 1 aromatic carbocycles. The Balaban J connectivity index is 1.62. The zero-order valence-corrected chi connectivity index (χ0v) is 15.6. The molecule has 0 fully saturated rings. The number of alkyl halides is 3. The Morgan fingerprint density at radius 3 is 2.68 bits per heavy atom. The molecule has 0 saturated carbocycles. The van der Waals surface area contributed by atoms with Crippen molar-refractivity contribution in [2.45, 2.75) is 17.9 Å². The number of carbonyl (C=O) groups is 1. The number of nitrogen functional groups attached to an aromatic ring is 1. The molecule has 0 atom stereocenters. The van der Waals surface area contributed by atoms with Gasteiger partial charge in [0.25, 0.3) is 5.82 Å². The number of benzene rings is 1. The summed E-state index contributed by atoms with van der Waals surface area (Å²) in [6.07, 6.45) is -3.22. The van der Waals surface area contributed by atoms with Crippen molar-refractivity contribution in [1.29, 1.82) is 0 Å². The van der Waals surface area contributed by atoms with Crippen LogP contribution in [0.1, 0.15) is 11.4 Å². The largest absolute Gasteiger partial charge is 0.453 e. The number of nitrogens with zero attached hydrogens (tertiary/aromatic N) is 5. The minimum atomic E-state index is -4.73. The van der Waals surface area contributed by atoms with Gasteiger partial charge < -0.3 is 11.2 Å². The summed E-state index contributed by atoms with van der Waals surface area (Å²) in [5.74, 6) is 3.71. The lowest BCUT2D eigenvalue weighted by Crippen LogP contribution is -2.22. The van der Waals surface area contributed by atoms with Gasteiger partial charge in [-0.25, -0.2) is 9.36 Å². The molecule has 0 aliphatic heterocycles. The first-order valence-corrected chi connectivity index (χ1v) is 9.07. The molecule has 0 unspecified atom stereocenters. The van der Waals surface area contributed by atoms with Crippen LogP contribution >= 0.6 is 23.4 Å². The fraction of sp³-hybridized carbons (Fsp3) is 0.200. The number of hydrogen-bond acceptors (Lipinski definition) is 6. The van der Waals surface area contributed by atoms with Crippen molar-refractivity contribution in [1.82, 2.24) is 24.7 Å². The maximum Gasteiger partial charge on any atom is 0.453 e. The number of rotatable bonds is 6. The lowest BCUT2D eigenvalue weighted by molar-refractivity contribution is -0.146. The standard InChI is InChI=1S/C15H13ClF3N7OS/c16-10-4-2-1-3-9(10)7-25-11(5-6-21-25)22-12(27)8-28-14-24-23-13(26(14)20)15(17,18)19/h1-6H,7-8,20H2,(H,22,27). The predicted molar refractivity (Wildman–Crippen MR) is 97.3 cm³/mol. The highest BCUT2D eigenvalue weighted by Gasteiger charge is 2.38. The van der Waals surface area contributed by atoms with E-state index in [0.29, 0.717) is 22.1 Å². The molecule has 3 N–H and O–H groups in total. The molecule has 8 nitrogen and oxygen atoms in total. The third-order valence-corrected chi connectivity index (χ3v) is 4.82. The van der Waals surface area contributed by atoms with E-state index in [1.807, 2.05) is 12.1 Å². The maximum atomic E-state index is 12.7. The molecule has 0 aliphatic carbocycles. The average Bonchev–Trinajstić information content (AvgIpc) is 3.21. The second-order valence-corrected chi connectivity index (χ2v) is 6.83. The molecule has 2 aromatic heterocycles. The van der Waals surface area contributed by atoms with E-state index in [0.717, 1.165) is 17.3 Å². The SMILES string of the molecule is Nn1c(SCC(=O)Nc2ccnn2Cc2ccccc2Cl)nnc1C(F)(F)F. The van der Waals surface area contributed by atoms with Crippen LogP contribution in [0, 0.1) is 0 Å². The van der Waals surface area contributed by atoms with Crippen molar-refractivity contribution in [2.24, 2.45) is 0 Å². The van der Waals surface area contributed by atoms with Gasteiger partial charge in [-0.3, -0.25) is 4.79 Å². The Hall–Kier alpha value is -2.73. The van der Waals surface area contributed by atoms with Gasteiger partial charge in [0.05, 0.1) is 18.5 Å². The molecule has 3 aromatic rings. The van der Waals surface area contributed by atoms with Gasteiger partial charge in [-0.05, 0) is 11.6 Å². The summed E-state index contributed by atoms with van der Waals surface area (Å²) in [5.41, 5.74) is 0.814. The highest BCUT2D eigenvalue weighted by molar-refractivity contribution is 7.99. The minimum Gasteiger partial charge on any atom is -0.335 e. The average molecular weight is 432 g/mol. The summed E-state index contributed by atoms with van der Waals surface area (Å²) >= 11 is 6.85. The molecule has 2 heterocycles. The Labute approximate surface area is 165 Å². The summed E-state index contributed by atoms with van der Waals surface area (Å²) in [6.45, 7) is 0.335. The van der Waals surface area contributed by atoms with Crippen molar-refractivity contribution in [3.05, 3.63) is 52.9 Å². The van der Waals surface area contributed by atoms with E-state index in [9.17, 15) is 18.0 Å². The lowest BCUT2D eigenvalue weighted by atomic mass is 10.2. The summed E-state index contributed by atoms with van der Waals surface area (Å²) in [6, 6.07) is 8.80. The van der Waals surface area contributed by atoms with Crippen LogP contribution in [0.25, 0.3) is 0 Å². The van der Waals surface area contributed by atoms with Crippen LogP contribution in [0.15, 0.2) is 41.7 Å². The number of nitrogens with one attached hydrogen (secondary N) is 1. The highest BCUT2D eigenvalue weighted by atomic mass is 35.5. The first-order chi connectivity index (χ1) is 13.3. The Kier molecular flexibility index (Phi) is 5.79. The van der Waals surface area contributed by atoms with Crippen LogP contribution in [0.3, 0.4) is 0 Å². The van der Waals surface area contributed by atoms with Crippen LogP contribution < -0.4 is 11.2 Å². The van der Waals surface area contributed by atoms with Crippen LogP contribution in [0.5, 0.6) is 0 Å². The smallest absolute Gasteiger partial charge is 0.335 e. The van der Waals surface area contributed by atoms with Crippen LogP contribution in [-0.4, -0.2) is 36.3 Å². The molecule has 148 valence electrons. The predicted octanol–water partition coefficient (Wildman–Crippen LogP) is 2.64. The number of aromatic nitrogens is 5. The summed E-state index contributed by atoms with van der Waals surface area (Å²) < 4.78 is 39.8.